The Hall–Kier alpha value is -1.16. The van der Waals surface area contributed by atoms with Crippen molar-refractivity contribution in [2.75, 3.05) is 0 Å². The molecule has 0 N–H and O–H groups in total. The minimum absolute atomic E-state index is 0.157. The van der Waals surface area contributed by atoms with Gasteiger partial charge >= 0.3 is 0 Å². The second kappa shape index (κ2) is 7.21. The van der Waals surface area contributed by atoms with Gasteiger partial charge in [-0.25, -0.2) is 0 Å². The van der Waals surface area contributed by atoms with Crippen molar-refractivity contribution in [3.8, 4) is 0 Å². The Morgan fingerprint density at radius 3 is 2.05 bits per heavy atom. The minimum Gasteiger partial charge on any atom is -0.289 e. The van der Waals surface area contributed by atoms with E-state index in [-0.39, 0.29) is 5.78 Å². The molecule has 0 bridgehead atoms. The van der Waals surface area contributed by atoms with Gasteiger partial charge in [0.25, 0.3) is 0 Å². The standard InChI is InChI=1S/C19H21IO/c1-4-13-10-14(5-2)18(15(6-3)11-13)19(21)16-8-7-9-17(20)12-16/h7-12H,4-6H2,1-3H3. The highest BCUT2D eigenvalue weighted by Gasteiger charge is 2.17. The van der Waals surface area contributed by atoms with Crippen molar-refractivity contribution >= 4 is 28.4 Å². The number of carbonyl (C=O) groups is 1. The Morgan fingerprint density at radius 1 is 0.952 bits per heavy atom. The second-order valence-corrected chi connectivity index (χ2v) is 6.43. The molecule has 2 aromatic rings. The number of ketones is 1. The fourth-order valence-electron chi connectivity index (χ4n) is 2.67. The smallest absolute Gasteiger partial charge is 0.193 e. The average molecular weight is 392 g/mol. The molecule has 2 rings (SSSR count). The van der Waals surface area contributed by atoms with Gasteiger partial charge in [-0.2, -0.15) is 0 Å². The van der Waals surface area contributed by atoms with Crippen LogP contribution in [0.5, 0.6) is 0 Å². The van der Waals surface area contributed by atoms with Crippen molar-refractivity contribution in [1.29, 1.82) is 0 Å². The summed E-state index contributed by atoms with van der Waals surface area (Å²) in [6, 6.07) is 12.2. The van der Waals surface area contributed by atoms with Crippen LogP contribution in [0.4, 0.5) is 0 Å². The first kappa shape index (κ1) is 16.2. The summed E-state index contributed by atoms with van der Waals surface area (Å²) in [5, 5.41) is 0. The maximum absolute atomic E-state index is 13.0. The van der Waals surface area contributed by atoms with Gasteiger partial charge in [0.05, 0.1) is 0 Å². The Morgan fingerprint density at radius 2 is 1.57 bits per heavy atom. The molecule has 2 heteroatoms. The van der Waals surface area contributed by atoms with E-state index in [4.69, 9.17) is 0 Å². The van der Waals surface area contributed by atoms with Gasteiger partial charge in [-0.05, 0) is 70.7 Å². The zero-order valence-electron chi connectivity index (χ0n) is 12.9. The van der Waals surface area contributed by atoms with E-state index in [1.807, 2.05) is 24.3 Å². The molecule has 0 aliphatic carbocycles. The summed E-state index contributed by atoms with van der Waals surface area (Å²) >= 11 is 2.25. The van der Waals surface area contributed by atoms with E-state index in [2.05, 4.69) is 55.5 Å². The summed E-state index contributed by atoms with van der Waals surface area (Å²) in [6.45, 7) is 6.41. The van der Waals surface area contributed by atoms with Gasteiger partial charge in [0, 0.05) is 14.7 Å². The average Bonchev–Trinajstić information content (AvgIpc) is 2.52. The first-order valence-electron chi connectivity index (χ1n) is 7.55. The topological polar surface area (TPSA) is 17.1 Å². The SMILES string of the molecule is CCc1cc(CC)c(C(=O)c2cccc(I)c2)c(CC)c1. The van der Waals surface area contributed by atoms with E-state index < -0.39 is 0 Å². The highest BCUT2D eigenvalue weighted by molar-refractivity contribution is 14.1. The summed E-state index contributed by atoms with van der Waals surface area (Å²) in [5.41, 5.74) is 5.38. The third-order valence-corrected chi connectivity index (χ3v) is 4.52. The van der Waals surface area contributed by atoms with Gasteiger partial charge in [-0.3, -0.25) is 4.79 Å². The fraction of sp³-hybridized carbons (Fsp3) is 0.316. The van der Waals surface area contributed by atoms with E-state index in [0.29, 0.717) is 0 Å². The van der Waals surface area contributed by atoms with E-state index in [1.54, 1.807) is 0 Å². The number of hydrogen-bond donors (Lipinski definition) is 0. The van der Waals surface area contributed by atoms with Crippen LogP contribution < -0.4 is 0 Å². The summed E-state index contributed by atoms with van der Waals surface area (Å²) < 4.78 is 1.10. The van der Waals surface area contributed by atoms with Crippen molar-refractivity contribution < 1.29 is 4.79 Å². The van der Waals surface area contributed by atoms with Gasteiger partial charge in [-0.15, -0.1) is 0 Å². The van der Waals surface area contributed by atoms with Crippen molar-refractivity contribution in [2.45, 2.75) is 40.0 Å². The highest BCUT2D eigenvalue weighted by Crippen LogP contribution is 2.24. The fourth-order valence-corrected chi connectivity index (χ4v) is 3.21. The van der Waals surface area contributed by atoms with Crippen LogP contribution >= 0.6 is 22.6 Å². The monoisotopic (exact) mass is 392 g/mol. The normalized spacial score (nSPS) is 10.7. The van der Waals surface area contributed by atoms with Crippen LogP contribution in [0.1, 0.15) is 53.4 Å². The Labute approximate surface area is 140 Å². The summed E-state index contributed by atoms with van der Waals surface area (Å²) in [7, 11) is 0. The number of benzene rings is 2. The molecule has 0 saturated heterocycles. The molecule has 0 atom stereocenters. The van der Waals surface area contributed by atoms with Crippen LogP contribution in [-0.2, 0) is 19.3 Å². The molecule has 0 radical (unpaired) electrons. The number of halogens is 1. The van der Waals surface area contributed by atoms with E-state index in [1.165, 1.54) is 16.7 Å². The van der Waals surface area contributed by atoms with E-state index in [9.17, 15) is 4.79 Å². The number of carbonyl (C=O) groups excluding carboxylic acids is 1. The van der Waals surface area contributed by atoms with Crippen LogP contribution in [0, 0.1) is 3.57 Å². The maximum Gasteiger partial charge on any atom is 0.193 e. The summed E-state index contributed by atoms with van der Waals surface area (Å²) in [6.07, 6.45) is 2.80. The molecule has 2 aromatic carbocycles. The van der Waals surface area contributed by atoms with E-state index in [0.717, 1.165) is 34.0 Å². The van der Waals surface area contributed by atoms with Crippen LogP contribution in [0.25, 0.3) is 0 Å². The van der Waals surface area contributed by atoms with Crippen molar-refractivity contribution in [3.05, 3.63) is 67.8 Å². The number of aryl methyl sites for hydroxylation is 3. The molecule has 0 fully saturated rings. The van der Waals surface area contributed by atoms with Gasteiger partial charge in [-0.1, -0.05) is 45.0 Å². The zero-order chi connectivity index (χ0) is 15.4. The lowest BCUT2D eigenvalue weighted by molar-refractivity contribution is 0.103. The molecular weight excluding hydrogens is 371 g/mol. The Balaban J connectivity index is 2.59. The van der Waals surface area contributed by atoms with Crippen LogP contribution in [0.2, 0.25) is 0 Å². The van der Waals surface area contributed by atoms with Crippen molar-refractivity contribution in [1.82, 2.24) is 0 Å². The molecule has 0 aliphatic heterocycles. The van der Waals surface area contributed by atoms with Crippen molar-refractivity contribution in [2.24, 2.45) is 0 Å². The molecule has 0 spiro atoms. The second-order valence-electron chi connectivity index (χ2n) is 5.19. The largest absolute Gasteiger partial charge is 0.289 e. The Bertz CT molecular complexity index is 633. The predicted octanol–water partition coefficient (Wildman–Crippen LogP) is 5.21. The molecular formula is C19H21IO. The molecule has 0 aliphatic rings. The van der Waals surface area contributed by atoms with E-state index >= 15 is 0 Å². The van der Waals surface area contributed by atoms with Gasteiger partial charge in [0.1, 0.15) is 0 Å². The minimum atomic E-state index is 0.157. The first-order chi connectivity index (χ1) is 10.1. The van der Waals surface area contributed by atoms with Gasteiger partial charge in [0.2, 0.25) is 0 Å². The number of hydrogen-bond acceptors (Lipinski definition) is 1. The van der Waals surface area contributed by atoms with Crippen LogP contribution in [0.3, 0.4) is 0 Å². The lowest BCUT2D eigenvalue weighted by Crippen LogP contribution is -2.10. The third kappa shape index (κ3) is 3.54. The molecule has 21 heavy (non-hydrogen) atoms. The predicted molar refractivity (Wildman–Crippen MR) is 97.2 cm³/mol. The van der Waals surface area contributed by atoms with Crippen molar-refractivity contribution in [3.63, 3.8) is 0 Å². The number of rotatable bonds is 5. The van der Waals surface area contributed by atoms with Gasteiger partial charge < -0.3 is 0 Å². The highest BCUT2D eigenvalue weighted by atomic mass is 127. The van der Waals surface area contributed by atoms with Gasteiger partial charge in [0.15, 0.2) is 5.78 Å². The maximum atomic E-state index is 13.0. The molecule has 110 valence electrons. The van der Waals surface area contributed by atoms with Crippen LogP contribution in [-0.4, -0.2) is 5.78 Å². The zero-order valence-corrected chi connectivity index (χ0v) is 15.0. The molecule has 0 heterocycles. The summed E-state index contributed by atoms with van der Waals surface area (Å²) in [4.78, 5) is 13.0. The molecule has 1 nitrogen and oxygen atoms in total. The molecule has 0 saturated carbocycles. The lowest BCUT2D eigenvalue weighted by atomic mass is 9.89. The third-order valence-electron chi connectivity index (χ3n) is 3.85. The molecule has 0 amide bonds. The quantitative estimate of drug-likeness (QED) is 0.504. The lowest BCUT2D eigenvalue weighted by Gasteiger charge is -2.15. The Kier molecular flexibility index (Phi) is 5.57. The molecule has 0 aromatic heterocycles. The molecule has 0 unspecified atom stereocenters. The summed E-state index contributed by atoms with van der Waals surface area (Å²) in [5.74, 6) is 0.157. The first-order valence-corrected chi connectivity index (χ1v) is 8.63. The van der Waals surface area contributed by atoms with Crippen LogP contribution in [0.15, 0.2) is 36.4 Å².